The van der Waals surface area contributed by atoms with E-state index in [0.29, 0.717) is 5.56 Å². The first-order chi connectivity index (χ1) is 9.00. The van der Waals surface area contributed by atoms with E-state index in [0.717, 1.165) is 6.07 Å². The molecular weight excluding hydrogens is 245 g/mol. The SMILES string of the molecule is CC(N)(C(=O)Oc1cccc(F)c1)c1ccccc1. The minimum absolute atomic E-state index is 0.137. The van der Waals surface area contributed by atoms with Crippen molar-refractivity contribution in [3.63, 3.8) is 0 Å². The molecule has 0 heterocycles. The number of rotatable bonds is 3. The summed E-state index contributed by atoms with van der Waals surface area (Å²) in [6, 6.07) is 14.3. The number of esters is 1. The van der Waals surface area contributed by atoms with E-state index in [-0.39, 0.29) is 5.75 Å². The summed E-state index contributed by atoms with van der Waals surface area (Å²) in [7, 11) is 0. The van der Waals surface area contributed by atoms with Crippen LogP contribution in [0, 0.1) is 5.82 Å². The maximum Gasteiger partial charge on any atom is 0.335 e. The van der Waals surface area contributed by atoms with Crippen molar-refractivity contribution in [2.45, 2.75) is 12.5 Å². The Morgan fingerprint density at radius 3 is 2.47 bits per heavy atom. The molecule has 98 valence electrons. The molecule has 1 unspecified atom stereocenters. The number of halogens is 1. The molecule has 0 bridgehead atoms. The molecule has 2 aromatic carbocycles. The second-order valence-corrected chi connectivity index (χ2v) is 4.42. The quantitative estimate of drug-likeness (QED) is 0.681. The average molecular weight is 259 g/mol. The van der Waals surface area contributed by atoms with E-state index in [4.69, 9.17) is 10.5 Å². The fraction of sp³-hybridized carbons (Fsp3) is 0.133. The molecule has 0 aromatic heterocycles. The number of carbonyl (C=O) groups excluding carboxylic acids is 1. The van der Waals surface area contributed by atoms with Crippen molar-refractivity contribution in [1.29, 1.82) is 0 Å². The second kappa shape index (κ2) is 5.20. The number of nitrogens with two attached hydrogens (primary N) is 1. The lowest BCUT2D eigenvalue weighted by atomic mass is 9.93. The van der Waals surface area contributed by atoms with Crippen LogP contribution in [0.5, 0.6) is 5.75 Å². The smallest absolute Gasteiger partial charge is 0.335 e. The van der Waals surface area contributed by atoms with E-state index in [1.54, 1.807) is 31.2 Å². The predicted molar refractivity (Wildman–Crippen MR) is 70.0 cm³/mol. The molecule has 0 spiro atoms. The van der Waals surface area contributed by atoms with Gasteiger partial charge in [-0.3, -0.25) is 0 Å². The molecule has 0 aliphatic heterocycles. The fourth-order valence-corrected chi connectivity index (χ4v) is 1.65. The van der Waals surface area contributed by atoms with Gasteiger partial charge in [0.15, 0.2) is 0 Å². The van der Waals surface area contributed by atoms with Gasteiger partial charge in [-0.05, 0) is 24.6 Å². The standard InChI is InChI=1S/C15H14FNO2/c1-15(17,11-6-3-2-4-7-11)14(18)19-13-9-5-8-12(16)10-13/h2-10H,17H2,1H3. The Kier molecular flexibility index (Phi) is 3.62. The Morgan fingerprint density at radius 2 is 1.84 bits per heavy atom. The van der Waals surface area contributed by atoms with Crippen molar-refractivity contribution in [2.75, 3.05) is 0 Å². The summed E-state index contributed by atoms with van der Waals surface area (Å²) in [6.07, 6.45) is 0. The summed E-state index contributed by atoms with van der Waals surface area (Å²) in [5.41, 5.74) is 5.35. The Hall–Kier alpha value is -2.20. The van der Waals surface area contributed by atoms with Crippen molar-refractivity contribution in [2.24, 2.45) is 5.73 Å². The van der Waals surface area contributed by atoms with E-state index < -0.39 is 17.3 Å². The van der Waals surface area contributed by atoms with Crippen molar-refractivity contribution >= 4 is 5.97 Å². The van der Waals surface area contributed by atoms with Gasteiger partial charge in [0.2, 0.25) is 0 Å². The van der Waals surface area contributed by atoms with Crippen LogP contribution < -0.4 is 10.5 Å². The molecule has 1 atom stereocenters. The third kappa shape index (κ3) is 2.98. The Bertz CT molecular complexity index is 582. The van der Waals surface area contributed by atoms with Crippen LogP contribution in [0.3, 0.4) is 0 Å². The summed E-state index contributed by atoms with van der Waals surface area (Å²) in [5.74, 6) is -0.967. The Labute approximate surface area is 110 Å². The van der Waals surface area contributed by atoms with Crippen molar-refractivity contribution in [3.8, 4) is 5.75 Å². The molecule has 19 heavy (non-hydrogen) atoms. The first kappa shape index (κ1) is 13.2. The molecule has 0 fully saturated rings. The van der Waals surface area contributed by atoms with Gasteiger partial charge in [0.1, 0.15) is 17.1 Å². The minimum atomic E-state index is -1.28. The lowest BCUT2D eigenvalue weighted by Crippen LogP contribution is -2.44. The Morgan fingerprint density at radius 1 is 1.16 bits per heavy atom. The van der Waals surface area contributed by atoms with Crippen LogP contribution in [0.25, 0.3) is 0 Å². The number of benzene rings is 2. The van der Waals surface area contributed by atoms with Crippen LogP contribution in [-0.2, 0) is 10.3 Å². The van der Waals surface area contributed by atoms with Crippen LogP contribution >= 0.6 is 0 Å². The Balaban J connectivity index is 2.20. The minimum Gasteiger partial charge on any atom is -0.425 e. The summed E-state index contributed by atoms with van der Waals surface area (Å²) in [5, 5.41) is 0. The first-order valence-electron chi connectivity index (χ1n) is 5.82. The highest BCUT2D eigenvalue weighted by Gasteiger charge is 2.32. The highest BCUT2D eigenvalue weighted by molar-refractivity contribution is 5.83. The number of hydrogen-bond acceptors (Lipinski definition) is 3. The monoisotopic (exact) mass is 259 g/mol. The normalized spacial score (nSPS) is 13.6. The summed E-state index contributed by atoms with van der Waals surface area (Å²) < 4.78 is 18.1. The molecule has 0 radical (unpaired) electrons. The van der Waals surface area contributed by atoms with Gasteiger partial charge in [-0.25, -0.2) is 9.18 Å². The van der Waals surface area contributed by atoms with Gasteiger partial charge in [-0.15, -0.1) is 0 Å². The molecule has 2 aromatic rings. The number of hydrogen-bond donors (Lipinski definition) is 1. The lowest BCUT2D eigenvalue weighted by Gasteiger charge is -2.22. The molecule has 0 aliphatic rings. The molecule has 2 N–H and O–H groups in total. The molecule has 0 aliphatic carbocycles. The zero-order valence-electron chi connectivity index (χ0n) is 10.5. The summed E-state index contributed by atoms with van der Waals surface area (Å²) in [4.78, 5) is 12.1. The molecular formula is C15H14FNO2. The lowest BCUT2D eigenvalue weighted by molar-refractivity contribution is -0.140. The van der Waals surface area contributed by atoms with Crippen LogP contribution in [0.2, 0.25) is 0 Å². The second-order valence-electron chi connectivity index (χ2n) is 4.42. The van der Waals surface area contributed by atoms with Crippen molar-refractivity contribution in [1.82, 2.24) is 0 Å². The average Bonchev–Trinajstić information content (AvgIpc) is 2.39. The third-order valence-corrected chi connectivity index (χ3v) is 2.80. The molecule has 4 heteroatoms. The maximum atomic E-state index is 13.0. The van der Waals surface area contributed by atoms with E-state index in [9.17, 15) is 9.18 Å². The van der Waals surface area contributed by atoms with E-state index in [2.05, 4.69) is 0 Å². The fourth-order valence-electron chi connectivity index (χ4n) is 1.65. The van der Waals surface area contributed by atoms with Gasteiger partial charge >= 0.3 is 5.97 Å². The van der Waals surface area contributed by atoms with Gasteiger partial charge in [0.05, 0.1) is 0 Å². The van der Waals surface area contributed by atoms with Crippen LogP contribution in [-0.4, -0.2) is 5.97 Å². The van der Waals surface area contributed by atoms with Crippen LogP contribution in [0.15, 0.2) is 54.6 Å². The predicted octanol–water partition coefficient (Wildman–Crippen LogP) is 2.61. The van der Waals surface area contributed by atoms with Gasteiger partial charge in [0.25, 0.3) is 0 Å². The van der Waals surface area contributed by atoms with Gasteiger partial charge in [-0.2, -0.15) is 0 Å². The van der Waals surface area contributed by atoms with E-state index in [1.807, 2.05) is 6.07 Å². The van der Waals surface area contributed by atoms with Gasteiger partial charge in [-0.1, -0.05) is 36.4 Å². The van der Waals surface area contributed by atoms with E-state index in [1.165, 1.54) is 18.2 Å². The first-order valence-corrected chi connectivity index (χ1v) is 5.82. The summed E-state index contributed by atoms with van der Waals surface area (Å²) in [6.45, 7) is 1.56. The largest absolute Gasteiger partial charge is 0.425 e. The maximum absolute atomic E-state index is 13.0. The molecule has 0 saturated carbocycles. The van der Waals surface area contributed by atoms with E-state index >= 15 is 0 Å². The van der Waals surface area contributed by atoms with Gasteiger partial charge < -0.3 is 10.5 Å². The molecule has 0 saturated heterocycles. The number of carbonyl (C=O) groups is 1. The van der Waals surface area contributed by atoms with Crippen LogP contribution in [0.1, 0.15) is 12.5 Å². The highest BCUT2D eigenvalue weighted by Crippen LogP contribution is 2.21. The number of ether oxygens (including phenoxy) is 1. The zero-order chi connectivity index (χ0) is 13.9. The van der Waals surface area contributed by atoms with Crippen LogP contribution in [0.4, 0.5) is 4.39 Å². The zero-order valence-corrected chi connectivity index (χ0v) is 10.5. The summed E-state index contributed by atoms with van der Waals surface area (Å²) >= 11 is 0. The topological polar surface area (TPSA) is 52.3 Å². The third-order valence-electron chi connectivity index (χ3n) is 2.80. The highest BCUT2D eigenvalue weighted by atomic mass is 19.1. The molecule has 0 amide bonds. The molecule has 2 rings (SSSR count). The van der Waals surface area contributed by atoms with Crippen molar-refractivity contribution < 1.29 is 13.9 Å². The molecule has 3 nitrogen and oxygen atoms in total. The van der Waals surface area contributed by atoms with Gasteiger partial charge in [0, 0.05) is 6.07 Å². The van der Waals surface area contributed by atoms with Crippen molar-refractivity contribution in [3.05, 3.63) is 66.0 Å².